The number of amidine groups is 1. The molecule has 1 saturated heterocycles. The zero-order valence-electron chi connectivity index (χ0n) is 21.7. The Labute approximate surface area is 233 Å². The minimum atomic E-state index is -4.74. The van der Waals surface area contributed by atoms with Crippen molar-refractivity contribution in [2.45, 2.75) is 19.7 Å². The molecule has 0 amide bonds. The summed E-state index contributed by atoms with van der Waals surface area (Å²) in [6.45, 7) is 2.93. The van der Waals surface area contributed by atoms with Crippen LogP contribution in [-0.2, 0) is 0 Å². The zero-order chi connectivity index (χ0) is 28.1. The zero-order valence-corrected chi connectivity index (χ0v) is 22.5. The molecular weight excluding hydrogens is 541 g/mol. The normalized spacial score (nSPS) is 15.1. The summed E-state index contributed by atoms with van der Waals surface area (Å²) in [5.41, 5.74) is 4.39. The first-order chi connectivity index (χ1) is 19.3. The van der Waals surface area contributed by atoms with E-state index in [1.54, 1.807) is 25.1 Å². The second-order valence-corrected chi connectivity index (χ2v) is 9.87. The maximum Gasteiger partial charge on any atom is 0.573 e. The third-order valence-corrected chi connectivity index (χ3v) is 7.08. The molecule has 12 heteroatoms. The minimum Gasteiger partial charge on any atom is -0.497 e. The molecule has 1 aromatic heterocycles. The largest absolute Gasteiger partial charge is 0.573 e. The summed E-state index contributed by atoms with van der Waals surface area (Å²) < 4.78 is 47.9. The van der Waals surface area contributed by atoms with Crippen LogP contribution >= 0.6 is 11.8 Å². The van der Waals surface area contributed by atoms with Crippen molar-refractivity contribution in [3.8, 4) is 28.6 Å². The monoisotopic (exact) mass is 566 g/mol. The highest BCUT2D eigenvalue weighted by atomic mass is 32.2. The number of halogens is 3. The van der Waals surface area contributed by atoms with E-state index in [4.69, 9.17) is 4.74 Å². The van der Waals surface area contributed by atoms with Gasteiger partial charge in [-0.15, -0.1) is 23.4 Å². The van der Waals surface area contributed by atoms with Gasteiger partial charge in [-0.05, 0) is 66.9 Å². The lowest BCUT2D eigenvalue weighted by Gasteiger charge is -2.30. The van der Waals surface area contributed by atoms with E-state index in [-0.39, 0.29) is 5.75 Å². The Balaban J connectivity index is 1.26. The van der Waals surface area contributed by atoms with E-state index in [9.17, 15) is 13.2 Å². The number of anilines is 1. The van der Waals surface area contributed by atoms with Crippen LogP contribution in [-0.4, -0.2) is 51.9 Å². The number of hydrogen-bond acceptors (Lipinski definition) is 7. The number of alkyl halides is 3. The van der Waals surface area contributed by atoms with Gasteiger partial charge in [0.05, 0.1) is 19.0 Å². The molecule has 0 unspecified atom stereocenters. The number of aryl methyl sites for hydroxylation is 1. The van der Waals surface area contributed by atoms with Gasteiger partial charge in [0.25, 0.3) is 0 Å². The summed E-state index contributed by atoms with van der Waals surface area (Å²) in [6, 6.07) is 18.9. The molecular formula is C28H25F3N6O2S. The third-order valence-electron chi connectivity index (χ3n) is 6.03. The highest BCUT2D eigenvalue weighted by Gasteiger charge is 2.31. The van der Waals surface area contributed by atoms with Crippen LogP contribution in [0.3, 0.4) is 0 Å². The van der Waals surface area contributed by atoms with Crippen molar-refractivity contribution in [1.82, 2.24) is 14.8 Å². The molecule has 0 saturated carbocycles. The summed E-state index contributed by atoms with van der Waals surface area (Å²) in [6.07, 6.45) is -0.487. The molecule has 1 fully saturated rings. The predicted octanol–water partition coefficient (Wildman–Crippen LogP) is 6.48. The van der Waals surface area contributed by atoms with E-state index in [0.717, 1.165) is 52.0 Å². The summed E-state index contributed by atoms with van der Waals surface area (Å²) in [7, 11) is 1.66. The number of hydrogen-bond donors (Lipinski definition) is 0. The molecule has 0 atom stereocenters. The topological polar surface area (TPSA) is 77.1 Å². The average Bonchev–Trinajstić information content (AvgIpc) is 3.44. The number of ether oxygens (including phenoxy) is 2. The van der Waals surface area contributed by atoms with E-state index in [1.165, 1.54) is 35.3 Å². The Morgan fingerprint density at radius 1 is 1.00 bits per heavy atom. The Morgan fingerprint density at radius 2 is 1.75 bits per heavy atom. The van der Waals surface area contributed by atoms with Crippen LogP contribution in [0.2, 0.25) is 0 Å². The highest BCUT2D eigenvalue weighted by Crippen LogP contribution is 2.30. The predicted molar refractivity (Wildman–Crippen MR) is 151 cm³/mol. The molecule has 0 radical (unpaired) electrons. The molecule has 1 aliphatic heterocycles. The molecule has 40 heavy (non-hydrogen) atoms. The van der Waals surface area contributed by atoms with Gasteiger partial charge in [0.1, 0.15) is 17.8 Å². The average molecular weight is 567 g/mol. The Morgan fingerprint density at radius 3 is 2.45 bits per heavy atom. The number of methoxy groups -OCH3 is 1. The summed E-state index contributed by atoms with van der Waals surface area (Å²) >= 11 is 1.68. The molecule has 0 bridgehead atoms. The first-order valence-electron chi connectivity index (χ1n) is 12.3. The molecule has 3 aromatic carbocycles. The summed E-state index contributed by atoms with van der Waals surface area (Å²) in [4.78, 5) is 6.50. The molecule has 4 aromatic rings. The van der Waals surface area contributed by atoms with Crippen LogP contribution in [0, 0.1) is 6.92 Å². The number of benzene rings is 3. The summed E-state index contributed by atoms with van der Waals surface area (Å²) in [5.74, 6) is 1.98. The van der Waals surface area contributed by atoms with Crippen molar-refractivity contribution in [1.29, 1.82) is 0 Å². The molecule has 0 spiro atoms. The molecule has 1 aliphatic rings. The molecule has 206 valence electrons. The standard InChI is InChI=1S/C28H25F3N6O2S/c1-19-16-24(38-2)12-13-25(19)36-14-3-15-40-27(36)34-33-17-20-4-6-21(7-5-20)26-32-18-37(35-26)22-8-10-23(11-9-22)39-28(29,30)31/h4-13,16-18H,3,14-15H2,1-2H3/b33-17+,34-27-. The lowest BCUT2D eigenvalue weighted by atomic mass is 10.1. The maximum absolute atomic E-state index is 12.4. The Hall–Kier alpha value is -4.32. The molecule has 8 nitrogen and oxygen atoms in total. The SMILES string of the molecule is COc1ccc(N2CCCS/C2=N\N=C\c2ccc(-c3ncn(-c4ccc(OC(F)(F)F)cc4)n3)cc2)c(C)c1. The summed E-state index contributed by atoms with van der Waals surface area (Å²) in [5, 5.41) is 14.1. The van der Waals surface area contributed by atoms with Crippen LogP contribution in [0.1, 0.15) is 17.5 Å². The quantitative estimate of drug-likeness (QED) is 0.188. The number of nitrogens with zero attached hydrogens (tertiary/aromatic N) is 6. The molecule has 0 N–H and O–H groups in total. The molecule has 5 rings (SSSR count). The van der Waals surface area contributed by atoms with Gasteiger partial charge < -0.3 is 14.4 Å². The number of thioether (sulfide) groups is 1. The highest BCUT2D eigenvalue weighted by molar-refractivity contribution is 8.14. The molecule has 2 heterocycles. The van der Waals surface area contributed by atoms with E-state index in [1.807, 2.05) is 42.5 Å². The van der Waals surface area contributed by atoms with Crippen LogP contribution in [0.25, 0.3) is 17.1 Å². The van der Waals surface area contributed by atoms with Gasteiger partial charge in [-0.25, -0.2) is 9.67 Å². The molecule has 0 aliphatic carbocycles. The van der Waals surface area contributed by atoms with Crippen molar-refractivity contribution in [3.05, 3.63) is 84.2 Å². The fraction of sp³-hybridized carbons (Fsp3) is 0.214. The van der Waals surface area contributed by atoms with E-state index >= 15 is 0 Å². The van der Waals surface area contributed by atoms with Crippen LogP contribution in [0.5, 0.6) is 11.5 Å². The van der Waals surface area contributed by atoms with Crippen molar-refractivity contribution in [2.75, 3.05) is 24.3 Å². The Bertz CT molecular complexity index is 1520. The number of aromatic nitrogens is 3. The van der Waals surface area contributed by atoms with Gasteiger partial charge in [0.15, 0.2) is 11.0 Å². The van der Waals surface area contributed by atoms with E-state index < -0.39 is 6.36 Å². The van der Waals surface area contributed by atoms with E-state index in [0.29, 0.717) is 11.5 Å². The van der Waals surface area contributed by atoms with E-state index in [2.05, 4.69) is 36.8 Å². The second kappa shape index (κ2) is 11.8. The van der Waals surface area contributed by atoms with Gasteiger partial charge in [-0.1, -0.05) is 36.0 Å². The van der Waals surface area contributed by atoms with Gasteiger partial charge in [-0.2, -0.15) is 5.10 Å². The van der Waals surface area contributed by atoms with Crippen LogP contribution in [0.15, 0.2) is 83.3 Å². The van der Waals surface area contributed by atoms with Gasteiger partial charge in [-0.3, -0.25) is 0 Å². The van der Waals surface area contributed by atoms with Crippen LogP contribution < -0.4 is 14.4 Å². The van der Waals surface area contributed by atoms with Crippen LogP contribution in [0.4, 0.5) is 18.9 Å². The van der Waals surface area contributed by atoms with Crippen molar-refractivity contribution >= 4 is 28.8 Å². The number of rotatable bonds is 7. The third kappa shape index (κ3) is 6.63. The lowest BCUT2D eigenvalue weighted by Crippen LogP contribution is -2.34. The van der Waals surface area contributed by atoms with Crippen molar-refractivity contribution < 1.29 is 22.6 Å². The smallest absolute Gasteiger partial charge is 0.497 e. The van der Waals surface area contributed by atoms with Crippen molar-refractivity contribution in [2.24, 2.45) is 10.2 Å². The minimum absolute atomic E-state index is 0.301. The van der Waals surface area contributed by atoms with Gasteiger partial charge >= 0.3 is 6.36 Å². The van der Waals surface area contributed by atoms with Crippen molar-refractivity contribution in [3.63, 3.8) is 0 Å². The fourth-order valence-corrected chi connectivity index (χ4v) is 5.01. The Kier molecular flexibility index (Phi) is 8.06. The first-order valence-corrected chi connectivity index (χ1v) is 13.3. The fourth-order valence-electron chi connectivity index (χ4n) is 4.11. The lowest BCUT2D eigenvalue weighted by molar-refractivity contribution is -0.274. The van der Waals surface area contributed by atoms with Gasteiger partial charge in [0.2, 0.25) is 0 Å². The second-order valence-electron chi connectivity index (χ2n) is 8.81. The van der Waals surface area contributed by atoms with Gasteiger partial charge in [0, 0.05) is 23.5 Å². The first kappa shape index (κ1) is 27.3. The maximum atomic E-state index is 12.4.